The molecule has 0 saturated heterocycles. The zero-order chi connectivity index (χ0) is 21.6. The van der Waals surface area contributed by atoms with Gasteiger partial charge in [0.1, 0.15) is 5.82 Å². The molecule has 2 aromatic rings. The van der Waals surface area contributed by atoms with Gasteiger partial charge in [0.15, 0.2) is 0 Å². The number of hydrogen-bond acceptors (Lipinski definition) is 5. The summed E-state index contributed by atoms with van der Waals surface area (Å²) in [6, 6.07) is 1.93. The van der Waals surface area contributed by atoms with Gasteiger partial charge in [0.25, 0.3) is 0 Å². The van der Waals surface area contributed by atoms with Crippen LogP contribution >= 0.6 is 0 Å². The third kappa shape index (κ3) is 6.32. The molecule has 0 bridgehead atoms. The predicted molar refractivity (Wildman–Crippen MR) is 115 cm³/mol. The van der Waals surface area contributed by atoms with Gasteiger partial charge in [0.2, 0.25) is 5.91 Å². The van der Waals surface area contributed by atoms with Crippen molar-refractivity contribution in [1.82, 2.24) is 19.9 Å². The summed E-state index contributed by atoms with van der Waals surface area (Å²) in [5.41, 5.74) is 2.50. The summed E-state index contributed by atoms with van der Waals surface area (Å²) in [6.45, 7) is 13.2. The molecule has 1 N–H and O–H groups in total. The number of aliphatic hydroxyl groups excluding tert-OH is 1. The van der Waals surface area contributed by atoms with Crippen molar-refractivity contribution >= 4 is 5.91 Å². The first-order valence-electron chi connectivity index (χ1n) is 10.3. The minimum Gasteiger partial charge on any atom is -0.386 e. The van der Waals surface area contributed by atoms with Crippen molar-refractivity contribution in [1.29, 1.82) is 0 Å². The minimum atomic E-state index is -0.767. The monoisotopic (exact) mass is 398 g/mol. The van der Waals surface area contributed by atoms with Crippen LogP contribution in [0.1, 0.15) is 82.5 Å². The summed E-state index contributed by atoms with van der Waals surface area (Å²) in [5.74, 6) is 0.997. The predicted octanol–water partition coefficient (Wildman–Crippen LogP) is 3.81. The summed E-state index contributed by atoms with van der Waals surface area (Å²) >= 11 is 0. The molecule has 2 rings (SSSR count). The second kappa shape index (κ2) is 9.92. The van der Waals surface area contributed by atoms with Crippen LogP contribution in [0.2, 0.25) is 0 Å². The first-order chi connectivity index (χ1) is 13.6. The fourth-order valence-electron chi connectivity index (χ4n) is 3.24. The maximum absolute atomic E-state index is 12.9. The molecule has 29 heavy (non-hydrogen) atoms. The molecule has 1 amide bonds. The van der Waals surface area contributed by atoms with Gasteiger partial charge in [-0.3, -0.25) is 9.78 Å². The molecule has 0 saturated carbocycles. The molecule has 1 unspecified atom stereocenters. The molecule has 0 aliphatic rings. The average molecular weight is 399 g/mol. The average Bonchev–Trinajstić information content (AvgIpc) is 2.67. The van der Waals surface area contributed by atoms with E-state index in [1.165, 1.54) is 0 Å². The number of pyridine rings is 1. The number of aromatic nitrogens is 3. The van der Waals surface area contributed by atoms with E-state index in [1.54, 1.807) is 29.7 Å². The molecule has 6 nitrogen and oxygen atoms in total. The number of aliphatic hydroxyl groups is 1. The Hall–Kier alpha value is -2.34. The fourth-order valence-corrected chi connectivity index (χ4v) is 3.24. The Morgan fingerprint density at radius 1 is 1.14 bits per heavy atom. The molecule has 158 valence electrons. The van der Waals surface area contributed by atoms with Crippen LogP contribution in [0.5, 0.6) is 0 Å². The Kier molecular flexibility index (Phi) is 7.85. The van der Waals surface area contributed by atoms with Gasteiger partial charge in [-0.15, -0.1) is 0 Å². The Morgan fingerprint density at radius 3 is 2.34 bits per heavy atom. The third-order valence-electron chi connectivity index (χ3n) is 4.84. The first kappa shape index (κ1) is 22.9. The van der Waals surface area contributed by atoms with Crippen LogP contribution in [-0.2, 0) is 16.6 Å². The Balaban J connectivity index is 2.11. The summed E-state index contributed by atoms with van der Waals surface area (Å²) in [4.78, 5) is 27.6. The second-order valence-electron chi connectivity index (χ2n) is 8.86. The van der Waals surface area contributed by atoms with E-state index in [0.717, 1.165) is 28.9 Å². The van der Waals surface area contributed by atoms with Crippen LogP contribution < -0.4 is 0 Å². The first-order valence-corrected chi connectivity index (χ1v) is 10.3. The van der Waals surface area contributed by atoms with Gasteiger partial charge in [-0.05, 0) is 29.5 Å². The summed E-state index contributed by atoms with van der Waals surface area (Å²) in [5, 5.41) is 10.8. The van der Waals surface area contributed by atoms with Gasteiger partial charge in [0.05, 0.1) is 19.1 Å². The van der Waals surface area contributed by atoms with Crippen LogP contribution in [0.25, 0.3) is 0 Å². The van der Waals surface area contributed by atoms with E-state index in [9.17, 15) is 9.90 Å². The molecule has 0 spiro atoms. The highest BCUT2D eigenvalue weighted by Crippen LogP contribution is 2.25. The van der Waals surface area contributed by atoms with Crippen molar-refractivity contribution in [3.8, 4) is 0 Å². The molecule has 0 aliphatic carbocycles. The number of hydrogen-bond donors (Lipinski definition) is 1. The van der Waals surface area contributed by atoms with Gasteiger partial charge in [-0.1, -0.05) is 41.5 Å². The number of rotatable bonds is 8. The van der Waals surface area contributed by atoms with Crippen molar-refractivity contribution in [2.45, 2.75) is 71.8 Å². The van der Waals surface area contributed by atoms with Crippen LogP contribution in [0.15, 0.2) is 30.9 Å². The maximum Gasteiger partial charge on any atom is 0.227 e. The van der Waals surface area contributed by atoms with Gasteiger partial charge in [-0.25, -0.2) is 9.97 Å². The lowest BCUT2D eigenvalue weighted by atomic mass is 9.95. The molecule has 0 radical (unpaired) electrons. The van der Waals surface area contributed by atoms with E-state index in [2.05, 4.69) is 49.6 Å². The number of nitrogens with zero attached hydrogens (tertiary/aromatic N) is 4. The fraction of sp³-hybridized carbons (Fsp3) is 0.565. The number of amides is 1. The van der Waals surface area contributed by atoms with E-state index in [4.69, 9.17) is 0 Å². The highest BCUT2D eigenvalue weighted by Gasteiger charge is 2.22. The quantitative estimate of drug-likeness (QED) is 0.731. The number of carbonyl (C=O) groups excluding carboxylic acids is 1. The molecule has 0 aromatic carbocycles. The molecule has 6 heteroatoms. The normalized spacial score (nSPS) is 12.8. The van der Waals surface area contributed by atoms with E-state index in [1.807, 2.05) is 13.0 Å². The van der Waals surface area contributed by atoms with E-state index < -0.39 is 6.10 Å². The van der Waals surface area contributed by atoms with Gasteiger partial charge in [0, 0.05) is 42.3 Å². The lowest BCUT2D eigenvalue weighted by Gasteiger charge is -2.26. The van der Waals surface area contributed by atoms with Crippen molar-refractivity contribution in [2.24, 2.45) is 0 Å². The molecular weight excluding hydrogens is 364 g/mol. The SMILES string of the molecule is CCCN(CC(O)c1cnccc1C(C)C)C(=O)Cc1cnc(C(C)(C)C)nc1. The largest absolute Gasteiger partial charge is 0.386 e. The van der Waals surface area contributed by atoms with E-state index in [0.29, 0.717) is 6.54 Å². The highest BCUT2D eigenvalue weighted by molar-refractivity contribution is 5.78. The lowest BCUT2D eigenvalue weighted by molar-refractivity contribution is -0.132. The second-order valence-corrected chi connectivity index (χ2v) is 8.86. The Bertz CT molecular complexity index is 797. The van der Waals surface area contributed by atoms with Crippen LogP contribution in [0.4, 0.5) is 0 Å². The lowest BCUT2D eigenvalue weighted by Crippen LogP contribution is -2.36. The highest BCUT2D eigenvalue weighted by atomic mass is 16.3. The molecule has 2 heterocycles. The summed E-state index contributed by atoms with van der Waals surface area (Å²) in [7, 11) is 0. The zero-order valence-electron chi connectivity index (χ0n) is 18.5. The zero-order valence-corrected chi connectivity index (χ0v) is 18.5. The number of carbonyl (C=O) groups is 1. The molecule has 0 aliphatic heterocycles. The third-order valence-corrected chi connectivity index (χ3v) is 4.84. The van der Waals surface area contributed by atoms with Crippen molar-refractivity contribution in [3.05, 3.63) is 53.4 Å². The maximum atomic E-state index is 12.9. The Labute approximate surface area is 174 Å². The van der Waals surface area contributed by atoms with Crippen molar-refractivity contribution in [2.75, 3.05) is 13.1 Å². The molecule has 0 fully saturated rings. The van der Waals surface area contributed by atoms with Gasteiger partial charge in [-0.2, -0.15) is 0 Å². The smallest absolute Gasteiger partial charge is 0.227 e. The van der Waals surface area contributed by atoms with Gasteiger partial charge >= 0.3 is 0 Å². The van der Waals surface area contributed by atoms with Crippen LogP contribution in [0, 0.1) is 0 Å². The van der Waals surface area contributed by atoms with Crippen LogP contribution in [0.3, 0.4) is 0 Å². The molecule has 2 aromatic heterocycles. The van der Waals surface area contributed by atoms with Crippen molar-refractivity contribution in [3.63, 3.8) is 0 Å². The molecular formula is C23H34N4O2. The minimum absolute atomic E-state index is 0.0343. The van der Waals surface area contributed by atoms with E-state index >= 15 is 0 Å². The standard InChI is InChI=1S/C23H34N4O2/c1-7-10-27(15-20(28)19-14-24-9-8-18(19)16(2)3)21(29)11-17-12-25-22(26-13-17)23(4,5)6/h8-9,12-14,16,20,28H,7,10-11,15H2,1-6H3. The summed E-state index contributed by atoms with van der Waals surface area (Å²) in [6.07, 6.45) is 7.17. The van der Waals surface area contributed by atoms with Crippen molar-refractivity contribution < 1.29 is 9.90 Å². The molecule has 1 atom stereocenters. The Morgan fingerprint density at radius 2 is 1.79 bits per heavy atom. The van der Waals surface area contributed by atoms with E-state index in [-0.39, 0.29) is 30.2 Å². The topological polar surface area (TPSA) is 79.2 Å². The van der Waals surface area contributed by atoms with Gasteiger partial charge < -0.3 is 10.0 Å². The van der Waals surface area contributed by atoms with Crippen LogP contribution in [-0.4, -0.2) is 44.0 Å². The summed E-state index contributed by atoms with van der Waals surface area (Å²) < 4.78 is 0.